The number of guanidine groups is 1. The van der Waals surface area contributed by atoms with Crippen molar-refractivity contribution in [2.45, 2.75) is 57.9 Å². The Kier molecular flexibility index (Phi) is 8.89. The van der Waals surface area contributed by atoms with E-state index in [0.29, 0.717) is 6.04 Å². The maximum Gasteiger partial charge on any atom is 0.191 e. The van der Waals surface area contributed by atoms with Crippen molar-refractivity contribution in [1.29, 1.82) is 0 Å². The molecule has 1 saturated carbocycles. The molecule has 2 rings (SSSR count). The molecule has 2 fully saturated rings. The van der Waals surface area contributed by atoms with Gasteiger partial charge in [0.25, 0.3) is 0 Å². The first-order valence-electron chi connectivity index (χ1n) is 10.1. The van der Waals surface area contributed by atoms with Crippen molar-refractivity contribution in [2.24, 2.45) is 10.9 Å². The molecule has 0 aromatic carbocycles. The standard InChI is InChI=1S/C19H39N5/c1-4-20-19(21-12-8-11-17-9-6-5-7-10-17)22-15-18-16-23(2)13-14-24(18)3/h17-18H,4-16H2,1-3H3,(H2,20,21,22). The van der Waals surface area contributed by atoms with E-state index in [1.807, 2.05) is 0 Å². The van der Waals surface area contributed by atoms with Gasteiger partial charge in [-0.25, -0.2) is 0 Å². The van der Waals surface area contributed by atoms with Gasteiger partial charge in [0.2, 0.25) is 0 Å². The van der Waals surface area contributed by atoms with Crippen LogP contribution in [0.2, 0.25) is 0 Å². The van der Waals surface area contributed by atoms with Crippen LogP contribution in [0.4, 0.5) is 0 Å². The van der Waals surface area contributed by atoms with Gasteiger partial charge in [-0.15, -0.1) is 0 Å². The molecule has 0 aromatic rings. The van der Waals surface area contributed by atoms with Crippen molar-refractivity contribution in [2.75, 3.05) is 53.4 Å². The van der Waals surface area contributed by atoms with E-state index in [0.717, 1.165) is 51.1 Å². The number of hydrogen-bond acceptors (Lipinski definition) is 3. The summed E-state index contributed by atoms with van der Waals surface area (Å²) in [6.45, 7) is 8.40. The van der Waals surface area contributed by atoms with Crippen LogP contribution in [0.25, 0.3) is 0 Å². The van der Waals surface area contributed by atoms with Crippen LogP contribution >= 0.6 is 0 Å². The Labute approximate surface area is 149 Å². The predicted molar refractivity (Wildman–Crippen MR) is 104 cm³/mol. The monoisotopic (exact) mass is 337 g/mol. The molecule has 0 spiro atoms. The summed E-state index contributed by atoms with van der Waals surface area (Å²) in [5.74, 6) is 1.97. The second-order valence-electron chi connectivity index (χ2n) is 7.69. The molecule has 1 atom stereocenters. The second kappa shape index (κ2) is 10.9. The minimum absolute atomic E-state index is 0.529. The largest absolute Gasteiger partial charge is 0.357 e. The van der Waals surface area contributed by atoms with E-state index in [4.69, 9.17) is 4.99 Å². The second-order valence-corrected chi connectivity index (χ2v) is 7.69. The van der Waals surface area contributed by atoms with Gasteiger partial charge in [-0.2, -0.15) is 0 Å². The molecule has 24 heavy (non-hydrogen) atoms. The highest BCUT2D eigenvalue weighted by atomic mass is 15.3. The van der Waals surface area contributed by atoms with E-state index in [1.165, 1.54) is 44.9 Å². The number of nitrogens with zero attached hydrogens (tertiary/aromatic N) is 3. The van der Waals surface area contributed by atoms with Crippen LogP contribution < -0.4 is 10.6 Å². The lowest BCUT2D eigenvalue weighted by Crippen LogP contribution is -2.51. The summed E-state index contributed by atoms with van der Waals surface area (Å²) in [6, 6.07) is 0.529. The van der Waals surface area contributed by atoms with Crippen LogP contribution in [0.15, 0.2) is 4.99 Å². The van der Waals surface area contributed by atoms with Gasteiger partial charge >= 0.3 is 0 Å². The van der Waals surface area contributed by atoms with Gasteiger partial charge < -0.3 is 15.5 Å². The number of nitrogens with one attached hydrogen (secondary N) is 2. The Hall–Kier alpha value is -0.810. The van der Waals surface area contributed by atoms with E-state index in [-0.39, 0.29) is 0 Å². The molecule has 1 aliphatic carbocycles. The summed E-state index contributed by atoms with van der Waals surface area (Å²) in [7, 11) is 4.43. The zero-order valence-corrected chi connectivity index (χ0v) is 16.2. The zero-order valence-electron chi connectivity index (χ0n) is 16.2. The average molecular weight is 338 g/mol. The Bertz CT molecular complexity index is 365. The van der Waals surface area contributed by atoms with Crippen molar-refractivity contribution in [3.63, 3.8) is 0 Å². The van der Waals surface area contributed by atoms with Gasteiger partial charge in [0.15, 0.2) is 5.96 Å². The lowest BCUT2D eigenvalue weighted by atomic mass is 9.86. The molecule has 5 heteroatoms. The van der Waals surface area contributed by atoms with E-state index < -0.39 is 0 Å². The molecule has 1 heterocycles. The van der Waals surface area contributed by atoms with Crippen molar-refractivity contribution in [3.05, 3.63) is 0 Å². The Balaban J connectivity index is 1.69. The molecular formula is C19H39N5. The third kappa shape index (κ3) is 6.98. The normalized spacial score (nSPS) is 25.0. The Morgan fingerprint density at radius 3 is 2.62 bits per heavy atom. The molecule has 0 aromatic heterocycles. The molecule has 1 saturated heterocycles. The van der Waals surface area contributed by atoms with Gasteiger partial charge in [-0.1, -0.05) is 32.1 Å². The Morgan fingerprint density at radius 1 is 1.08 bits per heavy atom. The number of rotatable bonds is 7. The first-order chi connectivity index (χ1) is 11.7. The molecule has 2 N–H and O–H groups in total. The van der Waals surface area contributed by atoms with Crippen LogP contribution in [0.3, 0.4) is 0 Å². The van der Waals surface area contributed by atoms with E-state index >= 15 is 0 Å². The summed E-state index contributed by atoms with van der Waals surface area (Å²) in [6.07, 6.45) is 9.91. The number of aliphatic imine (C=N–C) groups is 1. The molecule has 0 bridgehead atoms. The van der Waals surface area contributed by atoms with Gasteiger partial charge in [0.05, 0.1) is 6.54 Å². The topological polar surface area (TPSA) is 42.9 Å². The van der Waals surface area contributed by atoms with Crippen molar-refractivity contribution < 1.29 is 0 Å². The fraction of sp³-hybridized carbons (Fsp3) is 0.947. The fourth-order valence-corrected chi connectivity index (χ4v) is 3.91. The van der Waals surface area contributed by atoms with Crippen molar-refractivity contribution in [3.8, 4) is 0 Å². The molecule has 140 valence electrons. The van der Waals surface area contributed by atoms with Crippen LogP contribution in [0.1, 0.15) is 51.9 Å². The molecule has 0 amide bonds. The maximum atomic E-state index is 4.83. The zero-order chi connectivity index (χ0) is 17.2. The minimum atomic E-state index is 0.529. The van der Waals surface area contributed by atoms with Crippen LogP contribution in [-0.4, -0.2) is 75.2 Å². The quantitative estimate of drug-likeness (QED) is 0.424. The molecule has 5 nitrogen and oxygen atoms in total. The van der Waals surface area contributed by atoms with Crippen LogP contribution in [-0.2, 0) is 0 Å². The molecule has 0 radical (unpaired) electrons. The van der Waals surface area contributed by atoms with Gasteiger partial charge in [-0.3, -0.25) is 9.89 Å². The first kappa shape index (κ1) is 19.5. The summed E-state index contributed by atoms with van der Waals surface area (Å²) in [4.78, 5) is 9.68. The van der Waals surface area contributed by atoms with Crippen molar-refractivity contribution in [1.82, 2.24) is 20.4 Å². The molecular weight excluding hydrogens is 298 g/mol. The molecule has 1 unspecified atom stereocenters. The predicted octanol–water partition coefficient (Wildman–Crippen LogP) is 2.15. The number of hydrogen-bond donors (Lipinski definition) is 2. The lowest BCUT2D eigenvalue weighted by Gasteiger charge is -2.36. The molecule has 2 aliphatic rings. The highest BCUT2D eigenvalue weighted by Gasteiger charge is 2.21. The third-order valence-electron chi connectivity index (χ3n) is 5.59. The van der Waals surface area contributed by atoms with Gasteiger partial charge in [-0.05, 0) is 39.8 Å². The van der Waals surface area contributed by atoms with E-state index in [2.05, 4.69) is 41.5 Å². The summed E-state index contributed by atoms with van der Waals surface area (Å²) < 4.78 is 0. The number of piperazine rings is 1. The first-order valence-corrected chi connectivity index (χ1v) is 10.1. The SMILES string of the molecule is CCNC(=NCC1CN(C)CCN1C)NCCCC1CCCCC1. The summed E-state index contributed by atoms with van der Waals surface area (Å²) in [5, 5.41) is 6.93. The minimum Gasteiger partial charge on any atom is -0.357 e. The van der Waals surface area contributed by atoms with E-state index in [1.54, 1.807) is 0 Å². The maximum absolute atomic E-state index is 4.83. The highest BCUT2D eigenvalue weighted by Crippen LogP contribution is 2.26. The lowest BCUT2D eigenvalue weighted by molar-refractivity contribution is 0.119. The van der Waals surface area contributed by atoms with Gasteiger partial charge in [0.1, 0.15) is 0 Å². The van der Waals surface area contributed by atoms with Crippen LogP contribution in [0, 0.1) is 5.92 Å². The van der Waals surface area contributed by atoms with Crippen LogP contribution in [0.5, 0.6) is 0 Å². The Morgan fingerprint density at radius 2 is 1.88 bits per heavy atom. The summed E-state index contributed by atoms with van der Waals surface area (Å²) in [5.41, 5.74) is 0. The summed E-state index contributed by atoms with van der Waals surface area (Å²) >= 11 is 0. The van der Waals surface area contributed by atoms with E-state index in [9.17, 15) is 0 Å². The number of likely N-dealkylation sites (N-methyl/N-ethyl adjacent to an activating group) is 2. The van der Waals surface area contributed by atoms with Gasteiger partial charge in [0, 0.05) is 38.8 Å². The third-order valence-corrected chi connectivity index (χ3v) is 5.59. The smallest absolute Gasteiger partial charge is 0.191 e. The highest BCUT2D eigenvalue weighted by molar-refractivity contribution is 5.79. The fourth-order valence-electron chi connectivity index (χ4n) is 3.91. The van der Waals surface area contributed by atoms with Crippen molar-refractivity contribution >= 4 is 5.96 Å². The molecule has 1 aliphatic heterocycles. The average Bonchev–Trinajstić information content (AvgIpc) is 2.60.